The Morgan fingerprint density at radius 2 is 1.17 bits per heavy atom. The van der Waals surface area contributed by atoms with Crippen LogP contribution in [0.5, 0.6) is 0 Å². The van der Waals surface area contributed by atoms with Gasteiger partial charge in [0.2, 0.25) is 0 Å². The van der Waals surface area contributed by atoms with E-state index in [0.717, 1.165) is 17.5 Å². The standard InChI is InChI=1S/C21H43NO/c1-7-11-13-19(9-3)15-17(5)21(22-23)18(6)16-20(10-4)14-12-8-2/h17-20,23H,7-16H2,1-6H3. The molecule has 23 heavy (non-hydrogen) atoms. The zero-order valence-electron chi connectivity index (χ0n) is 16.8. The Morgan fingerprint density at radius 1 is 0.783 bits per heavy atom. The molecule has 1 N–H and O–H groups in total. The van der Waals surface area contributed by atoms with Crippen LogP contribution in [0.1, 0.15) is 106 Å². The van der Waals surface area contributed by atoms with Crippen LogP contribution >= 0.6 is 0 Å². The Kier molecular flexibility index (Phi) is 13.5. The highest BCUT2D eigenvalue weighted by Gasteiger charge is 2.23. The molecular formula is C21H43NO. The van der Waals surface area contributed by atoms with Crippen molar-refractivity contribution in [2.45, 2.75) is 106 Å². The fraction of sp³-hybridized carbons (Fsp3) is 0.952. The summed E-state index contributed by atoms with van der Waals surface area (Å²) in [7, 11) is 0. The van der Waals surface area contributed by atoms with Gasteiger partial charge in [0, 0.05) is 0 Å². The molecular weight excluding hydrogens is 282 g/mol. The summed E-state index contributed by atoms with van der Waals surface area (Å²) >= 11 is 0. The molecule has 4 atom stereocenters. The SMILES string of the molecule is CCCCC(CC)CC(C)C(=NO)C(C)CC(CC)CCCC. The van der Waals surface area contributed by atoms with Crippen LogP contribution < -0.4 is 0 Å². The van der Waals surface area contributed by atoms with Gasteiger partial charge in [-0.1, -0.05) is 98.1 Å². The molecule has 0 aliphatic heterocycles. The van der Waals surface area contributed by atoms with E-state index in [-0.39, 0.29) is 0 Å². The van der Waals surface area contributed by atoms with E-state index >= 15 is 0 Å². The summed E-state index contributed by atoms with van der Waals surface area (Å²) in [6.45, 7) is 13.6. The monoisotopic (exact) mass is 325 g/mol. The lowest BCUT2D eigenvalue weighted by atomic mass is 9.80. The van der Waals surface area contributed by atoms with Gasteiger partial charge in [0.25, 0.3) is 0 Å². The van der Waals surface area contributed by atoms with Gasteiger partial charge in [0.05, 0.1) is 5.71 Å². The second-order valence-electron chi connectivity index (χ2n) is 7.63. The van der Waals surface area contributed by atoms with Gasteiger partial charge in [-0.05, 0) is 36.5 Å². The topological polar surface area (TPSA) is 32.6 Å². The molecule has 2 heteroatoms. The number of rotatable bonds is 14. The summed E-state index contributed by atoms with van der Waals surface area (Å²) in [5.74, 6) is 2.35. The molecule has 138 valence electrons. The van der Waals surface area contributed by atoms with Crippen LogP contribution in [0.3, 0.4) is 0 Å². The molecule has 0 aromatic rings. The van der Waals surface area contributed by atoms with Crippen LogP contribution in [0, 0.1) is 23.7 Å². The van der Waals surface area contributed by atoms with Gasteiger partial charge < -0.3 is 5.21 Å². The number of hydrogen-bond acceptors (Lipinski definition) is 2. The maximum absolute atomic E-state index is 9.58. The van der Waals surface area contributed by atoms with Crippen LogP contribution in [-0.2, 0) is 0 Å². The van der Waals surface area contributed by atoms with E-state index in [1.54, 1.807) is 0 Å². The van der Waals surface area contributed by atoms with Crippen molar-refractivity contribution >= 4 is 5.71 Å². The first-order valence-electron chi connectivity index (χ1n) is 10.3. The highest BCUT2D eigenvalue weighted by atomic mass is 16.4. The summed E-state index contributed by atoms with van der Waals surface area (Å²) < 4.78 is 0. The molecule has 0 fully saturated rings. The van der Waals surface area contributed by atoms with Gasteiger partial charge in [-0.3, -0.25) is 0 Å². The first-order chi connectivity index (χ1) is 11.0. The molecule has 0 spiro atoms. The van der Waals surface area contributed by atoms with Crippen molar-refractivity contribution in [3.8, 4) is 0 Å². The Labute approximate surface area is 146 Å². The van der Waals surface area contributed by atoms with Crippen molar-refractivity contribution in [2.75, 3.05) is 0 Å². The molecule has 4 unspecified atom stereocenters. The average molecular weight is 326 g/mol. The molecule has 2 nitrogen and oxygen atoms in total. The third-order valence-electron chi connectivity index (χ3n) is 5.59. The molecule has 0 amide bonds. The van der Waals surface area contributed by atoms with E-state index < -0.39 is 0 Å². The van der Waals surface area contributed by atoms with Crippen LogP contribution in [0.25, 0.3) is 0 Å². The largest absolute Gasteiger partial charge is 0.411 e. The number of oxime groups is 1. The summed E-state index contributed by atoms with van der Waals surface area (Å²) in [6.07, 6.45) is 12.7. The smallest absolute Gasteiger partial charge is 0.0627 e. The lowest BCUT2D eigenvalue weighted by Gasteiger charge is -2.26. The molecule has 0 saturated heterocycles. The van der Waals surface area contributed by atoms with Crippen molar-refractivity contribution in [1.82, 2.24) is 0 Å². The molecule has 0 saturated carbocycles. The van der Waals surface area contributed by atoms with Gasteiger partial charge in [0.15, 0.2) is 0 Å². The first kappa shape index (κ1) is 22.5. The van der Waals surface area contributed by atoms with E-state index in [4.69, 9.17) is 0 Å². The summed E-state index contributed by atoms with van der Waals surface area (Å²) in [4.78, 5) is 0. The van der Waals surface area contributed by atoms with E-state index in [1.165, 1.54) is 64.2 Å². The van der Waals surface area contributed by atoms with Crippen molar-refractivity contribution < 1.29 is 5.21 Å². The van der Waals surface area contributed by atoms with Crippen molar-refractivity contribution in [2.24, 2.45) is 28.8 Å². The molecule has 0 aromatic carbocycles. The third kappa shape index (κ3) is 9.37. The van der Waals surface area contributed by atoms with E-state index in [1.807, 2.05) is 0 Å². The second-order valence-corrected chi connectivity index (χ2v) is 7.63. The predicted octanol–water partition coefficient (Wildman–Crippen LogP) is 7.30. The van der Waals surface area contributed by atoms with Crippen molar-refractivity contribution in [3.63, 3.8) is 0 Å². The van der Waals surface area contributed by atoms with Gasteiger partial charge in [-0.15, -0.1) is 0 Å². The van der Waals surface area contributed by atoms with Gasteiger partial charge >= 0.3 is 0 Å². The Hall–Kier alpha value is -0.530. The minimum atomic E-state index is 0.403. The Bertz CT molecular complexity index is 274. The lowest BCUT2D eigenvalue weighted by molar-refractivity contribution is 0.299. The zero-order chi connectivity index (χ0) is 17.7. The number of nitrogens with zero attached hydrogens (tertiary/aromatic N) is 1. The van der Waals surface area contributed by atoms with Crippen LogP contribution in [0.4, 0.5) is 0 Å². The van der Waals surface area contributed by atoms with Crippen molar-refractivity contribution in [3.05, 3.63) is 0 Å². The fourth-order valence-electron chi connectivity index (χ4n) is 3.89. The van der Waals surface area contributed by atoms with Gasteiger partial charge in [-0.25, -0.2) is 0 Å². The van der Waals surface area contributed by atoms with Gasteiger partial charge in [0.1, 0.15) is 0 Å². The molecule has 0 aromatic heterocycles. The lowest BCUT2D eigenvalue weighted by Crippen LogP contribution is -2.24. The molecule has 0 bridgehead atoms. The van der Waals surface area contributed by atoms with Crippen molar-refractivity contribution in [1.29, 1.82) is 0 Å². The first-order valence-corrected chi connectivity index (χ1v) is 10.3. The van der Waals surface area contributed by atoms with E-state index in [9.17, 15) is 5.21 Å². The minimum Gasteiger partial charge on any atom is -0.411 e. The predicted molar refractivity (Wildman–Crippen MR) is 103 cm³/mol. The minimum absolute atomic E-state index is 0.403. The fourth-order valence-corrected chi connectivity index (χ4v) is 3.89. The van der Waals surface area contributed by atoms with Crippen LogP contribution in [0.15, 0.2) is 5.16 Å². The molecule has 0 radical (unpaired) electrons. The molecule has 0 aliphatic rings. The Balaban J connectivity index is 4.58. The second kappa shape index (κ2) is 13.9. The van der Waals surface area contributed by atoms with E-state index in [2.05, 4.69) is 46.7 Å². The van der Waals surface area contributed by atoms with Gasteiger partial charge in [-0.2, -0.15) is 0 Å². The highest BCUT2D eigenvalue weighted by molar-refractivity contribution is 5.87. The highest BCUT2D eigenvalue weighted by Crippen LogP contribution is 2.28. The number of unbranched alkanes of at least 4 members (excludes halogenated alkanes) is 2. The summed E-state index contributed by atoms with van der Waals surface area (Å²) in [5.41, 5.74) is 1.04. The van der Waals surface area contributed by atoms with Crippen LogP contribution in [-0.4, -0.2) is 10.9 Å². The molecule has 0 rings (SSSR count). The maximum atomic E-state index is 9.58. The Morgan fingerprint density at radius 3 is 1.43 bits per heavy atom. The summed E-state index contributed by atoms with van der Waals surface area (Å²) in [5, 5.41) is 13.3. The van der Waals surface area contributed by atoms with E-state index in [0.29, 0.717) is 11.8 Å². The normalized spacial score (nSPS) is 16.6. The quantitative estimate of drug-likeness (QED) is 0.203. The van der Waals surface area contributed by atoms with Crippen LogP contribution in [0.2, 0.25) is 0 Å². The third-order valence-corrected chi connectivity index (χ3v) is 5.59. The molecule has 0 aliphatic carbocycles. The number of hydrogen-bond donors (Lipinski definition) is 1. The maximum Gasteiger partial charge on any atom is 0.0627 e. The zero-order valence-corrected chi connectivity index (χ0v) is 16.8. The average Bonchev–Trinajstić information content (AvgIpc) is 2.55. The molecule has 0 heterocycles. The summed E-state index contributed by atoms with van der Waals surface area (Å²) in [6, 6.07) is 0.